The van der Waals surface area contributed by atoms with E-state index < -0.39 is 17.7 Å². The summed E-state index contributed by atoms with van der Waals surface area (Å²) in [6.07, 6.45) is -3.28. The van der Waals surface area contributed by atoms with Gasteiger partial charge in [-0.05, 0) is 30.1 Å². The first kappa shape index (κ1) is 19.1. The van der Waals surface area contributed by atoms with Crippen molar-refractivity contribution in [2.45, 2.75) is 32.0 Å². The Labute approximate surface area is 166 Å². The number of fused-ring (bicyclic) bond motifs is 1. The van der Waals surface area contributed by atoms with Crippen LogP contribution in [0.25, 0.3) is 10.2 Å². The van der Waals surface area contributed by atoms with Gasteiger partial charge < -0.3 is 9.64 Å². The van der Waals surface area contributed by atoms with Gasteiger partial charge in [-0.25, -0.2) is 9.78 Å². The van der Waals surface area contributed by atoms with Crippen molar-refractivity contribution in [3.05, 3.63) is 34.3 Å². The number of esters is 1. The Morgan fingerprint density at radius 2 is 2.14 bits per heavy atom. The van der Waals surface area contributed by atoms with Crippen molar-refractivity contribution in [2.75, 3.05) is 18.0 Å². The second-order valence-electron chi connectivity index (χ2n) is 6.38. The molecule has 0 saturated carbocycles. The van der Waals surface area contributed by atoms with Crippen LogP contribution in [0.5, 0.6) is 0 Å². The molecule has 1 fully saturated rings. The molecule has 0 atom stereocenters. The third-order valence-corrected chi connectivity index (χ3v) is 6.16. The number of aryl methyl sites for hydroxylation is 1. The first-order valence-electron chi connectivity index (χ1n) is 8.60. The minimum Gasteiger partial charge on any atom is -0.454 e. The zero-order chi connectivity index (χ0) is 19.9. The number of anilines is 1. The van der Waals surface area contributed by atoms with E-state index in [1.807, 2.05) is 6.92 Å². The molecule has 3 heterocycles. The molecular weight excluding hydrogens is 413 g/mol. The number of benzene rings is 1. The van der Waals surface area contributed by atoms with Gasteiger partial charge >= 0.3 is 12.1 Å². The first-order valence-corrected chi connectivity index (χ1v) is 10.2. The fourth-order valence-corrected chi connectivity index (χ4v) is 4.54. The summed E-state index contributed by atoms with van der Waals surface area (Å²) in [6.45, 7) is 2.77. The predicted octanol–water partition coefficient (Wildman–Crippen LogP) is 4.16. The van der Waals surface area contributed by atoms with Crippen molar-refractivity contribution in [2.24, 2.45) is 0 Å². The maximum atomic E-state index is 13.1. The first-order chi connectivity index (χ1) is 13.4. The smallest absolute Gasteiger partial charge is 0.418 e. The Morgan fingerprint density at radius 3 is 2.86 bits per heavy atom. The molecule has 0 aliphatic carbocycles. The number of hydrogen-bond acceptors (Lipinski definition) is 8. The molecule has 11 heteroatoms. The molecule has 2 aromatic heterocycles. The normalized spacial score (nSPS) is 15.1. The second-order valence-corrected chi connectivity index (χ2v) is 8.14. The Balaban J connectivity index is 1.43. The van der Waals surface area contributed by atoms with Crippen molar-refractivity contribution in [1.29, 1.82) is 0 Å². The lowest BCUT2D eigenvalue weighted by Crippen LogP contribution is -2.53. The van der Waals surface area contributed by atoms with Gasteiger partial charge in [-0.3, -0.25) is 0 Å². The van der Waals surface area contributed by atoms with Crippen LogP contribution >= 0.6 is 22.9 Å². The van der Waals surface area contributed by atoms with E-state index in [1.54, 1.807) is 11.0 Å². The fraction of sp³-hybridized carbons (Fsp3) is 0.412. The van der Waals surface area contributed by atoms with Gasteiger partial charge in [0.25, 0.3) is 0 Å². The van der Waals surface area contributed by atoms with Crippen LogP contribution in [0.1, 0.15) is 34.3 Å². The lowest BCUT2D eigenvalue weighted by atomic mass is 10.2. The third kappa shape index (κ3) is 3.55. The summed E-state index contributed by atoms with van der Waals surface area (Å²) < 4.78 is 49.2. The number of thiazole rings is 1. The van der Waals surface area contributed by atoms with Crippen molar-refractivity contribution in [3.63, 3.8) is 0 Å². The molecule has 1 aliphatic heterocycles. The van der Waals surface area contributed by atoms with E-state index in [2.05, 4.69) is 14.6 Å². The van der Waals surface area contributed by atoms with E-state index in [4.69, 9.17) is 4.74 Å². The van der Waals surface area contributed by atoms with Crippen LogP contribution in [0.15, 0.2) is 18.2 Å². The van der Waals surface area contributed by atoms with Gasteiger partial charge in [0.15, 0.2) is 10.0 Å². The molecule has 6 nitrogen and oxygen atoms in total. The average Bonchev–Trinajstić information content (AvgIpc) is 3.22. The number of nitrogens with zero attached hydrogens (tertiary/aromatic N) is 4. The molecule has 1 saturated heterocycles. The van der Waals surface area contributed by atoms with Crippen LogP contribution < -0.4 is 4.90 Å². The van der Waals surface area contributed by atoms with Crippen LogP contribution in [0.3, 0.4) is 0 Å². The Morgan fingerprint density at radius 1 is 1.36 bits per heavy atom. The van der Waals surface area contributed by atoms with Gasteiger partial charge in [0.05, 0.1) is 34.6 Å². The number of rotatable bonds is 5. The van der Waals surface area contributed by atoms with E-state index in [0.29, 0.717) is 39.9 Å². The zero-order valence-corrected chi connectivity index (χ0v) is 16.3. The van der Waals surface area contributed by atoms with Crippen LogP contribution in [0.2, 0.25) is 0 Å². The molecule has 3 aromatic rings. The van der Waals surface area contributed by atoms with Crippen molar-refractivity contribution in [3.8, 4) is 0 Å². The maximum absolute atomic E-state index is 13.1. The second kappa shape index (κ2) is 7.28. The number of carbonyl (C=O) groups is 1. The lowest BCUT2D eigenvalue weighted by molar-refractivity contribution is -0.136. The van der Waals surface area contributed by atoms with Crippen molar-refractivity contribution < 1.29 is 22.7 Å². The van der Waals surface area contributed by atoms with Gasteiger partial charge in [0.1, 0.15) is 6.10 Å². The molecule has 0 spiro atoms. The molecule has 0 bridgehead atoms. The summed E-state index contributed by atoms with van der Waals surface area (Å²) in [5.74, 6) is -0.452. The Bertz CT molecular complexity index is 1010. The zero-order valence-electron chi connectivity index (χ0n) is 14.7. The summed E-state index contributed by atoms with van der Waals surface area (Å²) in [7, 11) is 0. The molecular formula is C17H15F3N4O2S2. The highest BCUT2D eigenvalue weighted by Crippen LogP contribution is 2.39. The highest BCUT2D eigenvalue weighted by molar-refractivity contribution is 7.22. The van der Waals surface area contributed by atoms with E-state index in [0.717, 1.165) is 24.0 Å². The highest BCUT2D eigenvalue weighted by atomic mass is 32.1. The largest absolute Gasteiger partial charge is 0.454 e. The highest BCUT2D eigenvalue weighted by Gasteiger charge is 2.36. The third-order valence-electron chi connectivity index (χ3n) is 4.33. The molecule has 0 N–H and O–H groups in total. The predicted molar refractivity (Wildman–Crippen MR) is 99.9 cm³/mol. The number of alkyl halides is 3. The molecule has 1 aromatic carbocycles. The molecule has 0 amide bonds. The number of aromatic nitrogens is 3. The topological polar surface area (TPSA) is 68.2 Å². The number of ether oxygens (including phenoxy) is 1. The molecule has 4 rings (SSSR count). The van der Waals surface area contributed by atoms with Crippen LogP contribution in [-0.4, -0.2) is 39.7 Å². The molecule has 0 unspecified atom stereocenters. The fourth-order valence-electron chi connectivity index (χ4n) is 2.94. The summed E-state index contributed by atoms with van der Waals surface area (Å²) in [4.78, 5) is 18.7. The van der Waals surface area contributed by atoms with E-state index >= 15 is 0 Å². The molecule has 148 valence electrons. The van der Waals surface area contributed by atoms with Gasteiger partial charge in [-0.2, -0.15) is 13.2 Å². The van der Waals surface area contributed by atoms with Crippen LogP contribution in [-0.2, 0) is 17.3 Å². The quantitative estimate of drug-likeness (QED) is 0.569. The number of carbonyl (C=O) groups excluding carboxylic acids is 1. The van der Waals surface area contributed by atoms with Gasteiger partial charge in [0.2, 0.25) is 0 Å². The Hall–Kier alpha value is -2.27. The SMILES string of the molecule is CCCc1nnsc1C(=O)OC1CN(c2nc3c(C(F)(F)F)cccc3s2)C1. The lowest BCUT2D eigenvalue weighted by Gasteiger charge is -2.38. The molecule has 28 heavy (non-hydrogen) atoms. The minimum atomic E-state index is -4.45. The van der Waals surface area contributed by atoms with Crippen molar-refractivity contribution >= 4 is 44.2 Å². The Kier molecular flexibility index (Phi) is 4.96. The molecule has 1 aliphatic rings. The standard InChI is InChI=1S/C17H15F3N4O2S2/c1-2-4-11-14(28-23-22-11)15(25)26-9-7-24(8-9)16-21-13-10(17(18,19)20)5-3-6-12(13)27-16/h3,5-6,9H,2,4,7-8H2,1H3. The summed E-state index contributed by atoms with van der Waals surface area (Å²) in [6, 6.07) is 4.03. The molecule has 0 radical (unpaired) electrons. The number of para-hydroxylation sites is 1. The minimum absolute atomic E-state index is 0.0459. The van der Waals surface area contributed by atoms with Crippen molar-refractivity contribution in [1.82, 2.24) is 14.6 Å². The number of hydrogen-bond donors (Lipinski definition) is 0. The van der Waals surface area contributed by atoms with Gasteiger partial charge in [-0.1, -0.05) is 35.2 Å². The monoisotopic (exact) mass is 428 g/mol. The summed E-state index contributed by atoms with van der Waals surface area (Å²) >= 11 is 2.21. The average molecular weight is 428 g/mol. The summed E-state index contributed by atoms with van der Waals surface area (Å²) in [5, 5.41) is 4.44. The van der Waals surface area contributed by atoms with E-state index in [-0.39, 0.29) is 11.6 Å². The van der Waals surface area contributed by atoms with Crippen LogP contribution in [0.4, 0.5) is 18.3 Å². The van der Waals surface area contributed by atoms with E-state index in [1.165, 1.54) is 17.4 Å². The van der Waals surface area contributed by atoms with Crippen LogP contribution in [0, 0.1) is 0 Å². The van der Waals surface area contributed by atoms with E-state index in [9.17, 15) is 18.0 Å². The van der Waals surface area contributed by atoms with Gasteiger partial charge in [0, 0.05) is 0 Å². The maximum Gasteiger partial charge on any atom is 0.418 e. The number of halogens is 3. The summed E-state index contributed by atoms with van der Waals surface area (Å²) in [5.41, 5.74) is -0.146. The van der Waals surface area contributed by atoms with Gasteiger partial charge in [-0.15, -0.1) is 5.10 Å².